The summed E-state index contributed by atoms with van der Waals surface area (Å²) in [5.41, 5.74) is 0. The van der Waals surface area contributed by atoms with E-state index in [1.165, 1.54) is 0 Å². The third kappa shape index (κ3) is 6.13. The van der Waals surface area contributed by atoms with Crippen LogP contribution in [0.25, 0.3) is 0 Å². The molecule has 12 heavy (non-hydrogen) atoms. The molecule has 0 spiro atoms. The van der Waals surface area contributed by atoms with Crippen LogP contribution in [0.1, 0.15) is 39.0 Å². The molecule has 0 fully saturated rings. The van der Waals surface area contributed by atoms with Crippen molar-refractivity contribution in [3.8, 4) is 0 Å². The van der Waals surface area contributed by atoms with Crippen molar-refractivity contribution in [1.82, 2.24) is 0 Å². The summed E-state index contributed by atoms with van der Waals surface area (Å²) < 4.78 is 16.6. The zero-order chi connectivity index (χ0) is 9.23. The molecule has 1 unspecified atom stereocenters. The fourth-order valence-corrected chi connectivity index (χ4v) is 1.10. The lowest BCUT2D eigenvalue weighted by Gasteiger charge is -2.13. The van der Waals surface area contributed by atoms with Crippen LogP contribution in [0, 0.1) is 0 Å². The van der Waals surface area contributed by atoms with Crippen LogP contribution in [0.15, 0.2) is 0 Å². The lowest BCUT2D eigenvalue weighted by atomic mass is 10.1. The maximum Gasteiger partial charge on any atom is 0.293 e. The maximum absolute atomic E-state index is 11.8. The van der Waals surface area contributed by atoms with Crippen molar-refractivity contribution in [3.63, 3.8) is 0 Å². The second-order valence-electron chi connectivity index (χ2n) is 2.83. The molecule has 0 aromatic carbocycles. The average molecular weight is 176 g/mol. The zero-order valence-electron chi connectivity index (χ0n) is 7.59. The second-order valence-corrected chi connectivity index (χ2v) is 2.83. The van der Waals surface area contributed by atoms with Crippen LogP contribution >= 0.6 is 0 Å². The van der Waals surface area contributed by atoms with Crippen LogP contribution in [-0.2, 0) is 9.53 Å². The molecule has 0 aromatic heterocycles. The molecule has 2 nitrogen and oxygen atoms in total. The Kier molecular flexibility index (Phi) is 8.07. The molecule has 1 atom stereocenters. The van der Waals surface area contributed by atoms with E-state index in [4.69, 9.17) is 4.74 Å². The van der Waals surface area contributed by atoms with E-state index in [0.29, 0.717) is 19.3 Å². The predicted octanol–water partition coefficient (Wildman–Crippen LogP) is 2.47. The Balaban J connectivity index is 3.46. The smallest absolute Gasteiger partial charge is 0.293 e. The number of halogens is 1. The van der Waals surface area contributed by atoms with E-state index >= 15 is 0 Å². The summed E-state index contributed by atoms with van der Waals surface area (Å²) in [6.45, 7) is 2.20. The minimum Gasteiger partial charge on any atom is -0.465 e. The van der Waals surface area contributed by atoms with Crippen molar-refractivity contribution in [1.29, 1.82) is 0 Å². The highest BCUT2D eigenvalue weighted by Crippen LogP contribution is 2.10. The van der Waals surface area contributed by atoms with Gasteiger partial charge in [-0.05, 0) is 19.3 Å². The lowest BCUT2D eigenvalue weighted by molar-refractivity contribution is -0.134. The first-order valence-corrected chi connectivity index (χ1v) is 4.50. The van der Waals surface area contributed by atoms with Crippen molar-refractivity contribution >= 4 is 6.47 Å². The molecule has 0 heterocycles. The highest BCUT2D eigenvalue weighted by Gasteiger charge is 2.07. The summed E-state index contributed by atoms with van der Waals surface area (Å²) in [7, 11) is 0. The fourth-order valence-electron chi connectivity index (χ4n) is 1.10. The van der Waals surface area contributed by atoms with E-state index in [2.05, 4.69) is 6.92 Å². The van der Waals surface area contributed by atoms with Crippen LogP contribution in [0.2, 0.25) is 0 Å². The number of hydrogen-bond donors (Lipinski definition) is 0. The number of alkyl halides is 1. The number of carbonyl (C=O) groups is 1. The maximum atomic E-state index is 11.8. The van der Waals surface area contributed by atoms with Gasteiger partial charge in [0.1, 0.15) is 6.10 Å². The Morgan fingerprint density at radius 3 is 2.58 bits per heavy atom. The Labute approximate surface area is 73.1 Å². The summed E-state index contributed by atoms with van der Waals surface area (Å²) in [4.78, 5) is 10.0. The van der Waals surface area contributed by atoms with Gasteiger partial charge >= 0.3 is 0 Å². The molecule has 0 amide bonds. The van der Waals surface area contributed by atoms with Crippen LogP contribution in [-0.4, -0.2) is 19.3 Å². The van der Waals surface area contributed by atoms with E-state index in [0.717, 1.165) is 19.3 Å². The number of rotatable bonds is 8. The van der Waals surface area contributed by atoms with Crippen LogP contribution in [0.3, 0.4) is 0 Å². The number of hydrogen-bond acceptors (Lipinski definition) is 2. The Morgan fingerprint density at radius 1 is 1.42 bits per heavy atom. The van der Waals surface area contributed by atoms with E-state index in [1.807, 2.05) is 0 Å². The number of unbranched alkanes of at least 4 members (excludes halogenated alkanes) is 1. The molecule has 0 aliphatic rings. The van der Waals surface area contributed by atoms with Gasteiger partial charge in [-0.3, -0.25) is 9.18 Å². The molecular formula is C9H17FO2. The molecule has 0 bridgehead atoms. The van der Waals surface area contributed by atoms with Gasteiger partial charge in [0.25, 0.3) is 6.47 Å². The molecule has 0 N–H and O–H groups in total. The Hall–Kier alpha value is -0.600. The highest BCUT2D eigenvalue weighted by molar-refractivity contribution is 5.37. The molecule has 0 rings (SSSR count). The molecule has 0 saturated carbocycles. The van der Waals surface area contributed by atoms with Gasteiger partial charge in [0.2, 0.25) is 0 Å². The molecule has 72 valence electrons. The van der Waals surface area contributed by atoms with Gasteiger partial charge in [0, 0.05) is 0 Å². The highest BCUT2D eigenvalue weighted by atomic mass is 19.1. The van der Waals surface area contributed by atoms with E-state index in [-0.39, 0.29) is 12.8 Å². The normalized spacial score (nSPS) is 12.5. The van der Waals surface area contributed by atoms with Gasteiger partial charge in [-0.1, -0.05) is 19.8 Å². The average Bonchev–Trinajstić information content (AvgIpc) is 2.10. The SMILES string of the molecule is CCCCC(CCCF)OC=O. The molecule has 0 aromatic rings. The topological polar surface area (TPSA) is 26.3 Å². The number of carbonyl (C=O) groups excluding carboxylic acids is 1. The first-order chi connectivity index (χ1) is 5.85. The van der Waals surface area contributed by atoms with Crippen LogP contribution in [0.5, 0.6) is 0 Å². The second kappa shape index (κ2) is 8.50. The van der Waals surface area contributed by atoms with Gasteiger partial charge in [-0.25, -0.2) is 0 Å². The monoisotopic (exact) mass is 176 g/mol. The van der Waals surface area contributed by atoms with Gasteiger partial charge < -0.3 is 4.74 Å². The third-order valence-corrected chi connectivity index (χ3v) is 1.79. The predicted molar refractivity (Wildman–Crippen MR) is 45.7 cm³/mol. The summed E-state index contributed by atoms with van der Waals surface area (Å²) in [6.07, 6.45) is 4.03. The molecule has 0 aliphatic heterocycles. The first-order valence-electron chi connectivity index (χ1n) is 4.50. The first kappa shape index (κ1) is 11.4. The quantitative estimate of drug-likeness (QED) is 0.531. The van der Waals surface area contributed by atoms with Gasteiger partial charge in [0.15, 0.2) is 0 Å². The van der Waals surface area contributed by atoms with E-state index in [9.17, 15) is 9.18 Å². The van der Waals surface area contributed by atoms with Crippen LogP contribution in [0.4, 0.5) is 4.39 Å². The fraction of sp³-hybridized carbons (Fsp3) is 0.889. The minimum absolute atomic E-state index is 0.0711. The van der Waals surface area contributed by atoms with Crippen molar-refractivity contribution in [2.75, 3.05) is 6.67 Å². The van der Waals surface area contributed by atoms with Crippen molar-refractivity contribution in [2.24, 2.45) is 0 Å². The van der Waals surface area contributed by atoms with Crippen molar-refractivity contribution in [2.45, 2.75) is 45.1 Å². The standard InChI is InChI=1S/C9H17FO2/c1-2-3-5-9(12-8-11)6-4-7-10/h8-9H,2-7H2,1H3. The molecule has 3 heteroatoms. The van der Waals surface area contributed by atoms with Gasteiger partial charge in [0.05, 0.1) is 6.67 Å². The number of ether oxygens (including phenoxy) is 1. The minimum atomic E-state index is -0.329. The zero-order valence-corrected chi connectivity index (χ0v) is 7.59. The summed E-state index contributed by atoms with van der Waals surface area (Å²) in [5.74, 6) is 0. The Bertz CT molecular complexity index is 98.7. The van der Waals surface area contributed by atoms with Crippen molar-refractivity contribution < 1.29 is 13.9 Å². The summed E-state index contributed by atoms with van der Waals surface area (Å²) >= 11 is 0. The van der Waals surface area contributed by atoms with Gasteiger partial charge in [-0.2, -0.15) is 0 Å². The van der Waals surface area contributed by atoms with E-state index < -0.39 is 0 Å². The molecular weight excluding hydrogens is 159 g/mol. The molecule has 0 radical (unpaired) electrons. The van der Waals surface area contributed by atoms with Crippen LogP contribution < -0.4 is 0 Å². The summed E-state index contributed by atoms with van der Waals surface area (Å²) in [5, 5.41) is 0. The van der Waals surface area contributed by atoms with E-state index in [1.54, 1.807) is 0 Å². The molecule has 0 saturated heterocycles. The summed E-state index contributed by atoms with van der Waals surface area (Å²) in [6, 6.07) is 0. The molecule has 0 aliphatic carbocycles. The third-order valence-electron chi connectivity index (χ3n) is 1.79. The van der Waals surface area contributed by atoms with Crippen molar-refractivity contribution in [3.05, 3.63) is 0 Å². The Morgan fingerprint density at radius 2 is 2.08 bits per heavy atom. The largest absolute Gasteiger partial charge is 0.465 e. The van der Waals surface area contributed by atoms with Gasteiger partial charge in [-0.15, -0.1) is 0 Å². The lowest BCUT2D eigenvalue weighted by Crippen LogP contribution is -2.12.